The molecule has 0 unspecified atom stereocenters. The molecule has 0 atom stereocenters. The Morgan fingerprint density at radius 1 is 1.42 bits per heavy atom. The molecule has 0 fully saturated rings. The summed E-state index contributed by atoms with van der Waals surface area (Å²) in [6, 6.07) is 5.53. The van der Waals surface area contributed by atoms with Crippen LogP contribution in [0.2, 0.25) is 0 Å². The first-order valence-electron chi connectivity index (χ1n) is 4.08. The fraction of sp³-hybridized carbons (Fsp3) is 0.400. The van der Waals surface area contributed by atoms with Crippen molar-refractivity contribution in [2.24, 2.45) is 0 Å². The third kappa shape index (κ3) is 2.52. The van der Waals surface area contributed by atoms with Gasteiger partial charge in [-0.3, -0.25) is 0 Å². The predicted molar refractivity (Wildman–Crippen MR) is 55.0 cm³/mol. The Labute approximate surface area is 81.6 Å². The Balaban J connectivity index is 2.75. The van der Waals surface area contributed by atoms with Gasteiger partial charge in [0.15, 0.2) is 0 Å². The molecule has 12 heavy (non-hydrogen) atoms. The molecule has 1 nitrogen and oxygen atoms in total. The maximum atomic E-state index is 9.23. The third-order valence-corrected chi connectivity index (χ3v) is 2.47. The van der Waals surface area contributed by atoms with Crippen LogP contribution in [0.1, 0.15) is 17.5 Å². The minimum atomic E-state index is 0.366. The second-order valence-corrected chi connectivity index (χ2v) is 3.70. The van der Waals surface area contributed by atoms with E-state index in [9.17, 15) is 5.11 Å². The number of halogens is 1. The van der Waals surface area contributed by atoms with E-state index in [2.05, 4.69) is 22.9 Å². The topological polar surface area (TPSA) is 20.2 Å². The van der Waals surface area contributed by atoms with Crippen LogP contribution in [0, 0.1) is 6.92 Å². The number of hydrogen-bond acceptors (Lipinski definition) is 1. The van der Waals surface area contributed by atoms with Gasteiger partial charge in [0.25, 0.3) is 0 Å². The van der Waals surface area contributed by atoms with Gasteiger partial charge < -0.3 is 5.11 Å². The molecule has 1 aromatic rings. The summed E-state index contributed by atoms with van der Waals surface area (Å²) < 4.78 is 0. The standard InChI is InChI=1S/C10H13BrO/c1-8-4-5-10(12)7-9(8)3-2-6-11/h4-5,7,12H,2-3,6H2,1H3. The molecule has 0 saturated carbocycles. The van der Waals surface area contributed by atoms with E-state index in [1.54, 1.807) is 6.07 Å². The highest BCUT2D eigenvalue weighted by Gasteiger charge is 1.98. The van der Waals surface area contributed by atoms with E-state index in [4.69, 9.17) is 0 Å². The largest absolute Gasteiger partial charge is 0.508 e. The first-order chi connectivity index (χ1) is 5.74. The summed E-state index contributed by atoms with van der Waals surface area (Å²) in [5.74, 6) is 0.366. The van der Waals surface area contributed by atoms with Crippen LogP contribution >= 0.6 is 15.9 Å². The van der Waals surface area contributed by atoms with Crippen molar-refractivity contribution in [1.82, 2.24) is 0 Å². The Hall–Kier alpha value is -0.500. The van der Waals surface area contributed by atoms with Gasteiger partial charge in [0.2, 0.25) is 0 Å². The summed E-state index contributed by atoms with van der Waals surface area (Å²) in [7, 11) is 0. The van der Waals surface area contributed by atoms with Crippen molar-refractivity contribution < 1.29 is 5.11 Å². The van der Waals surface area contributed by atoms with Gasteiger partial charge in [-0.25, -0.2) is 0 Å². The van der Waals surface area contributed by atoms with Crippen LogP contribution in [-0.2, 0) is 6.42 Å². The van der Waals surface area contributed by atoms with Crippen molar-refractivity contribution in [1.29, 1.82) is 0 Å². The fourth-order valence-electron chi connectivity index (χ4n) is 1.18. The van der Waals surface area contributed by atoms with E-state index in [0.29, 0.717) is 5.75 Å². The molecule has 1 aromatic carbocycles. The Kier molecular flexibility index (Phi) is 3.60. The minimum Gasteiger partial charge on any atom is -0.508 e. The molecule has 0 bridgehead atoms. The smallest absolute Gasteiger partial charge is 0.115 e. The number of hydrogen-bond donors (Lipinski definition) is 1. The van der Waals surface area contributed by atoms with Crippen molar-refractivity contribution >= 4 is 15.9 Å². The van der Waals surface area contributed by atoms with Crippen molar-refractivity contribution in [3.63, 3.8) is 0 Å². The Bertz CT molecular complexity index is 258. The number of alkyl halides is 1. The lowest BCUT2D eigenvalue weighted by molar-refractivity contribution is 0.474. The SMILES string of the molecule is Cc1ccc(O)cc1CCCBr. The Morgan fingerprint density at radius 2 is 2.17 bits per heavy atom. The fourth-order valence-corrected chi connectivity index (χ4v) is 1.46. The first kappa shape index (κ1) is 9.59. The molecular formula is C10H13BrO. The lowest BCUT2D eigenvalue weighted by Crippen LogP contribution is -1.89. The highest BCUT2D eigenvalue weighted by molar-refractivity contribution is 9.09. The normalized spacial score (nSPS) is 10.2. The molecular weight excluding hydrogens is 216 g/mol. The summed E-state index contributed by atoms with van der Waals surface area (Å²) in [6.07, 6.45) is 2.15. The molecule has 2 heteroatoms. The van der Waals surface area contributed by atoms with Crippen LogP contribution in [0.3, 0.4) is 0 Å². The zero-order valence-corrected chi connectivity index (χ0v) is 8.76. The van der Waals surface area contributed by atoms with Gasteiger partial charge in [0.05, 0.1) is 0 Å². The second-order valence-electron chi connectivity index (χ2n) is 2.90. The van der Waals surface area contributed by atoms with E-state index in [1.807, 2.05) is 12.1 Å². The highest BCUT2D eigenvalue weighted by atomic mass is 79.9. The average Bonchev–Trinajstić information content (AvgIpc) is 2.07. The van der Waals surface area contributed by atoms with Crippen molar-refractivity contribution in [2.45, 2.75) is 19.8 Å². The molecule has 1 rings (SSSR count). The van der Waals surface area contributed by atoms with Crippen molar-refractivity contribution in [2.75, 3.05) is 5.33 Å². The van der Waals surface area contributed by atoms with Crippen LogP contribution in [0.25, 0.3) is 0 Å². The summed E-state index contributed by atoms with van der Waals surface area (Å²) in [4.78, 5) is 0. The average molecular weight is 229 g/mol. The molecule has 0 aliphatic carbocycles. The number of benzene rings is 1. The molecule has 0 saturated heterocycles. The van der Waals surface area contributed by atoms with E-state index < -0.39 is 0 Å². The lowest BCUT2D eigenvalue weighted by atomic mass is 10.0. The van der Waals surface area contributed by atoms with Gasteiger partial charge >= 0.3 is 0 Å². The molecule has 1 N–H and O–H groups in total. The summed E-state index contributed by atoms with van der Waals surface area (Å²) in [5.41, 5.74) is 2.50. The minimum absolute atomic E-state index is 0.366. The number of rotatable bonds is 3. The number of phenolic OH excluding ortho intramolecular Hbond substituents is 1. The molecule has 0 spiro atoms. The zero-order chi connectivity index (χ0) is 8.97. The second kappa shape index (κ2) is 4.51. The molecule has 0 radical (unpaired) electrons. The molecule has 0 aromatic heterocycles. The molecule has 0 heterocycles. The third-order valence-electron chi connectivity index (χ3n) is 1.91. The monoisotopic (exact) mass is 228 g/mol. The predicted octanol–water partition coefficient (Wildman–Crippen LogP) is 3.03. The number of phenols is 1. The van der Waals surface area contributed by atoms with E-state index in [0.717, 1.165) is 18.2 Å². The van der Waals surface area contributed by atoms with Crippen LogP contribution in [0.5, 0.6) is 5.75 Å². The van der Waals surface area contributed by atoms with E-state index in [1.165, 1.54) is 11.1 Å². The first-order valence-corrected chi connectivity index (χ1v) is 5.20. The lowest BCUT2D eigenvalue weighted by Gasteiger charge is -2.04. The molecule has 0 aliphatic heterocycles. The Morgan fingerprint density at radius 3 is 2.83 bits per heavy atom. The van der Waals surface area contributed by atoms with Gasteiger partial charge in [-0.15, -0.1) is 0 Å². The van der Waals surface area contributed by atoms with Gasteiger partial charge in [0.1, 0.15) is 5.75 Å². The van der Waals surface area contributed by atoms with Gasteiger partial charge in [0, 0.05) is 5.33 Å². The summed E-state index contributed by atoms with van der Waals surface area (Å²) in [5, 5.41) is 10.2. The zero-order valence-electron chi connectivity index (χ0n) is 7.18. The highest BCUT2D eigenvalue weighted by Crippen LogP contribution is 2.17. The van der Waals surface area contributed by atoms with Gasteiger partial charge in [-0.05, 0) is 43.0 Å². The number of aromatic hydroxyl groups is 1. The summed E-state index contributed by atoms with van der Waals surface area (Å²) in [6.45, 7) is 2.07. The van der Waals surface area contributed by atoms with E-state index >= 15 is 0 Å². The van der Waals surface area contributed by atoms with Crippen LogP contribution < -0.4 is 0 Å². The van der Waals surface area contributed by atoms with Crippen LogP contribution in [0.15, 0.2) is 18.2 Å². The molecule has 0 amide bonds. The maximum Gasteiger partial charge on any atom is 0.115 e. The number of aryl methyl sites for hydroxylation is 2. The van der Waals surface area contributed by atoms with Crippen molar-refractivity contribution in [3.05, 3.63) is 29.3 Å². The van der Waals surface area contributed by atoms with Crippen LogP contribution in [0.4, 0.5) is 0 Å². The van der Waals surface area contributed by atoms with E-state index in [-0.39, 0.29) is 0 Å². The summed E-state index contributed by atoms with van der Waals surface area (Å²) >= 11 is 3.39. The molecule has 66 valence electrons. The van der Waals surface area contributed by atoms with Gasteiger partial charge in [-0.2, -0.15) is 0 Å². The van der Waals surface area contributed by atoms with Crippen molar-refractivity contribution in [3.8, 4) is 5.75 Å². The quantitative estimate of drug-likeness (QED) is 0.790. The molecule has 0 aliphatic rings. The van der Waals surface area contributed by atoms with Gasteiger partial charge in [-0.1, -0.05) is 22.0 Å². The maximum absolute atomic E-state index is 9.23. The van der Waals surface area contributed by atoms with Crippen LogP contribution in [-0.4, -0.2) is 10.4 Å².